The Morgan fingerprint density at radius 2 is 2.00 bits per heavy atom. The second kappa shape index (κ2) is 5.61. The highest BCUT2D eigenvalue weighted by Gasteiger charge is 2.15. The van der Waals surface area contributed by atoms with Crippen LogP contribution in [0, 0.1) is 6.92 Å². The number of rotatable bonds is 4. The lowest BCUT2D eigenvalue weighted by Crippen LogP contribution is -2.14. The molecule has 1 aromatic carbocycles. The van der Waals surface area contributed by atoms with Gasteiger partial charge in [-0.2, -0.15) is 0 Å². The van der Waals surface area contributed by atoms with Gasteiger partial charge in [-0.05, 0) is 19.5 Å². The summed E-state index contributed by atoms with van der Waals surface area (Å²) in [6.45, 7) is 3.44. The van der Waals surface area contributed by atoms with Crippen LogP contribution in [0.15, 0.2) is 24.3 Å². The number of aliphatic hydroxyl groups is 1. The van der Waals surface area contributed by atoms with Crippen molar-refractivity contribution in [1.82, 2.24) is 10.3 Å². The maximum Gasteiger partial charge on any atom is 0.172 e. The quantitative estimate of drug-likeness (QED) is 0.665. The van der Waals surface area contributed by atoms with Crippen molar-refractivity contribution < 1.29 is 9.90 Å². The molecular formula is C14H16N2O2S. The van der Waals surface area contributed by atoms with Gasteiger partial charge in [0, 0.05) is 12.5 Å². The van der Waals surface area contributed by atoms with Crippen molar-refractivity contribution in [3.05, 3.63) is 39.7 Å². The van der Waals surface area contributed by atoms with Gasteiger partial charge in [-0.25, -0.2) is 4.98 Å². The van der Waals surface area contributed by atoms with E-state index in [9.17, 15) is 9.90 Å². The predicted molar refractivity (Wildman–Crippen MR) is 76.3 cm³/mol. The van der Waals surface area contributed by atoms with Gasteiger partial charge in [0.25, 0.3) is 0 Å². The lowest BCUT2D eigenvalue weighted by atomic mass is 10.1. The molecule has 0 bridgehead atoms. The van der Waals surface area contributed by atoms with Crippen molar-refractivity contribution in [3.8, 4) is 11.3 Å². The van der Waals surface area contributed by atoms with E-state index in [4.69, 9.17) is 0 Å². The lowest BCUT2D eigenvalue weighted by Gasteiger charge is -2.09. The van der Waals surface area contributed by atoms with Gasteiger partial charge in [-0.15, -0.1) is 11.3 Å². The summed E-state index contributed by atoms with van der Waals surface area (Å²) in [4.78, 5) is 16.7. The minimum absolute atomic E-state index is 0.0277. The number of hydrogen-bond acceptors (Lipinski definition) is 5. The molecule has 2 N–H and O–H groups in total. The van der Waals surface area contributed by atoms with Crippen molar-refractivity contribution >= 4 is 17.1 Å². The number of thiazole rings is 1. The molecule has 1 aromatic heterocycles. The van der Waals surface area contributed by atoms with Crippen LogP contribution in [-0.4, -0.2) is 22.9 Å². The zero-order valence-corrected chi connectivity index (χ0v) is 11.9. The van der Waals surface area contributed by atoms with Crippen LogP contribution in [0.4, 0.5) is 0 Å². The molecule has 0 saturated heterocycles. The monoisotopic (exact) mass is 276 g/mol. The van der Waals surface area contributed by atoms with E-state index in [0.717, 1.165) is 21.8 Å². The highest BCUT2D eigenvalue weighted by Crippen LogP contribution is 2.29. The maximum atomic E-state index is 11.6. The lowest BCUT2D eigenvalue weighted by molar-refractivity contribution is 0.102. The summed E-state index contributed by atoms with van der Waals surface area (Å²) in [6.07, 6.45) is -0.682. The molecule has 0 aliphatic heterocycles. The number of ketones is 1. The van der Waals surface area contributed by atoms with Gasteiger partial charge in [-0.1, -0.05) is 24.3 Å². The average Bonchev–Trinajstić information content (AvgIpc) is 2.80. The molecule has 1 atom stereocenters. The van der Waals surface area contributed by atoms with Crippen LogP contribution < -0.4 is 5.32 Å². The second-order valence-electron chi connectivity index (χ2n) is 4.28. The number of nitrogens with zero attached hydrogens (tertiary/aromatic N) is 1. The molecule has 2 rings (SSSR count). The first-order valence-corrected chi connectivity index (χ1v) is 6.78. The maximum absolute atomic E-state index is 11.6. The highest BCUT2D eigenvalue weighted by molar-refractivity contribution is 7.14. The highest BCUT2D eigenvalue weighted by atomic mass is 32.1. The number of nitrogens with one attached hydrogen (secondary N) is 1. The molecule has 1 unspecified atom stereocenters. The number of benzene rings is 1. The van der Waals surface area contributed by atoms with Crippen molar-refractivity contribution in [3.63, 3.8) is 0 Å². The van der Waals surface area contributed by atoms with E-state index < -0.39 is 6.23 Å². The molecule has 19 heavy (non-hydrogen) atoms. The Balaban J connectivity index is 2.40. The molecule has 0 fully saturated rings. The Bertz CT molecular complexity index is 590. The van der Waals surface area contributed by atoms with Gasteiger partial charge < -0.3 is 5.11 Å². The smallest absolute Gasteiger partial charge is 0.172 e. The van der Waals surface area contributed by atoms with E-state index in [2.05, 4.69) is 10.3 Å². The first-order valence-electron chi connectivity index (χ1n) is 5.97. The van der Waals surface area contributed by atoms with Gasteiger partial charge >= 0.3 is 0 Å². The van der Waals surface area contributed by atoms with Crippen molar-refractivity contribution in [2.24, 2.45) is 0 Å². The molecule has 4 nitrogen and oxygen atoms in total. The Labute approximate surface area is 116 Å². The number of Topliss-reactive ketones (excluding diaryl/α,β-unsaturated/α-hetero) is 1. The van der Waals surface area contributed by atoms with Gasteiger partial charge in [0.1, 0.15) is 6.23 Å². The molecule has 5 heteroatoms. The average molecular weight is 276 g/mol. The molecule has 2 aromatic rings. The van der Waals surface area contributed by atoms with Crippen LogP contribution in [-0.2, 0) is 0 Å². The molecule has 0 saturated carbocycles. The molecule has 100 valence electrons. The van der Waals surface area contributed by atoms with Crippen LogP contribution in [0.3, 0.4) is 0 Å². The standard InChI is InChI=1S/C14H16N2O2S/c1-8(17)13-12(16-9(2)19-13)10-4-6-11(7-5-10)14(18)15-3/h4-7,14-15,18H,1-3H3. The summed E-state index contributed by atoms with van der Waals surface area (Å²) in [7, 11) is 1.69. The third kappa shape index (κ3) is 2.89. The van der Waals surface area contributed by atoms with Crippen LogP contribution in [0.5, 0.6) is 0 Å². The van der Waals surface area contributed by atoms with Gasteiger partial charge in [-0.3, -0.25) is 10.1 Å². The summed E-state index contributed by atoms with van der Waals surface area (Å²) < 4.78 is 0. The SMILES string of the molecule is CNC(O)c1ccc(-c2nc(C)sc2C(C)=O)cc1. The summed E-state index contributed by atoms with van der Waals surface area (Å²) >= 11 is 1.41. The zero-order chi connectivity index (χ0) is 14.0. The third-order valence-corrected chi connectivity index (χ3v) is 3.90. The van der Waals surface area contributed by atoms with Gasteiger partial charge in [0.05, 0.1) is 15.6 Å². The molecule has 0 aliphatic rings. The van der Waals surface area contributed by atoms with Gasteiger partial charge in [0.15, 0.2) is 5.78 Å². The molecule has 0 spiro atoms. The summed E-state index contributed by atoms with van der Waals surface area (Å²) in [5.41, 5.74) is 2.39. The Hall–Kier alpha value is -1.56. The topological polar surface area (TPSA) is 62.2 Å². The van der Waals surface area contributed by atoms with E-state index in [-0.39, 0.29) is 5.78 Å². The second-order valence-corrected chi connectivity index (χ2v) is 5.48. The van der Waals surface area contributed by atoms with Crippen LogP contribution >= 0.6 is 11.3 Å². The molecule has 0 radical (unpaired) electrons. The fraction of sp³-hybridized carbons (Fsp3) is 0.286. The molecule has 1 heterocycles. The summed E-state index contributed by atoms with van der Waals surface area (Å²) in [5.74, 6) is 0.0277. The minimum atomic E-state index is -0.682. The molecular weight excluding hydrogens is 260 g/mol. The fourth-order valence-electron chi connectivity index (χ4n) is 1.85. The van der Waals surface area contributed by atoms with Gasteiger partial charge in [0.2, 0.25) is 0 Å². The first kappa shape index (κ1) is 13.9. The fourth-order valence-corrected chi connectivity index (χ4v) is 2.69. The Morgan fingerprint density at radius 3 is 2.53 bits per heavy atom. The number of carbonyl (C=O) groups excluding carboxylic acids is 1. The Morgan fingerprint density at radius 1 is 1.37 bits per heavy atom. The summed E-state index contributed by atoms with van der Waals surface area (Å²) in [6, 6.07) is 7.40. The van der Waals surface area contributed by atoms with Crippen LogP contribution in [0.1, 0.15) is 33.4 Å². The zero-order valence-electron chi connectivity index (χ0n) is 11.1. The first-order chi connectivity index (χ1) is 9.02. The number of aromatic nitrogens is 1. The predicted octanol–water partition coefficient (Wildman–Crippen LogP) is 2.53. The molecule has 0 aliphatic carbocycles. The largest absolute Gasteiger partial charge is 0.374 e. The van der Waals surface area contributed by atoms with Crippen LogP contribution in [0.2, 0.25) is 0 Å². The number of carbonyl (C=O) groups is 1. The molecule has 0 amide bonds. The van der Waals surface area contributed by atoms with E-state index >= 15 is 0 Å². The van der Waals surface area contributed by atoms with Crippen molar-refractivity contribution in [1.29, 1.82) is 0 Å². The normalized spacial score (nSPS) is 12.4. The number of aliphatic hydroxyl groups excluding tert-OH is 1. The van der Waals surface area contributed by atoms with Crippen molar-refractivity contribution in [2.45, 2.75) is 20.1 Å². The summed E-state index contributed by atoms with van der Waals surface area (Å²) in [5, 5.41) is 13.3. The van der Waals surface area contributed by atoms with E-state index in [1.165, 1.54) is 11.3 Å². The minimum Gasteiger partial charge on any atom is -0.374 e. The van der Waals surface area contributed by atoms with E-state index in [1.54, 1.807) is 14.0 Å². The number of aryl methyl sites for hydroxylation is 1. The Kier molecular flexibility index (Phi) is 4.09. The van der Waals surface area contributed by atoms with Crippen molar-refractivity contribution in [2.75, 3.05) is 7.05 Å². The third-order valence-electron chi connectivity index (χ3n) is 2.83. The van der Waals surface area contributed by atoms with E-state index in [0.29, 0.717) is 4.88 Å². The van der Waals surface area contributed by atoms with Crippen LogP contribution in [0.25, 0.3) is 11.3 Å². The number of hydrogen-bond donors (Lipinski definition) is 2. The van der Waals surface area contributed by atoms with E-state index in [1.807, 2.05) is 31.2 Å².